The standard InChI is InChI=1S/C22H23O8P/c1-12-5-14(6-13(2)22(12)30-20(23)11-31(25,26)27)7-16-8-15-9-18(28-3)19(29-4)10-17(15)21(16)24/h5-7,9-10H,8,11H2,1-4H3,(H2,25,26,27). The van der Waals surface area contributed by atoms with Crippen LogP contribution in [0.15, 0.2) is 29.8 Å². The maximum absolute atomic E-state index is 12.9. The van der Waals surface area contributed by atoms with Crippen molar-refractivity contribution in [1.82, 2.24) is 0 Å². The Labute approximate surface area is 179 Å². The molecule has 0 amide bonds. The molecule has 0 aromatic heterocycles. The number of hydrogen-bond donors (Lipinski definition) is 2. The van der Waals surface area contributed by atoms with E-state index in [0.29, 0.717) is 40.2 Å². The number of allylic oxidation sites excluding steroid dienone is 1. The third-order valence-corrected chi connectivity index (χ3v) is 5.57. The van der Waals surface area contributed by atoms with Crippen molar-refractivity contribution in [3.8, 4) is 17.2 Å². The molecule has 2 aromatic carbocycles. The summed E-state index contributed by atoms with van der Waals surface area (Å²) in [6, 6.07) is 6.97. The number of benzene rings is 2. The van der Waals surface area contributed by atoms with Crippen molar-refractivity contribution in [3.05, 3.63) is 57.7 Å². The van der Waals surface area contributed by atoms with Crippen LogP contribution < -0.4 is 14.2 Å². The molecule has 2 aromatic rings. The second kappa shape index (κ2) is 8.67. The summed E-state index contributed by atoms with van der Waals surface area (Å²) in [5.74, 6) is 0.196. The summed E-state index contributed by atoms with van der Waals surface area (Å²) in [5.41, 5.74) is 4.00. The predicted octanol–water partition coefficient (Wildman–Crippen LogP) is 3.23. The Morgan fingerprint density at radius 3 is 2.19 bits per heavy atom. The highest BCUT2D eigenvalue weighted by Gasteiger charge is 2.27. The molecule has 3 rings (SSSR count). The Hall–Kier alpha value is -2.93. The van der Waals surface area contributed by atoms with Gasteiger partial charge in [-0.3, -0.25) is 14.2 Å². The first kappa shape index (κ1) is 22.7. The lowest BCUT2D eigenvalue weighted by Crippen LogP contribution is -2.14. The Bertz CT molecular complexity index is 1120. The minimum absolute atomic E-state index is 0.0941. The van der Waals surface area contributed by atoms with Crippen LogP contribution in [0, 0.1) is 13.8 Å². The average molecular weight is 446 g/mol. The summed E-state index contributed by atoms with van der Waals surface area (Å²) in [5, 5.41) is 0. The number of Topliss-reactive ketones (excluding diaryl/α,β-unsaturated/α-hetero) is 1. The Morgan fingerprint density at radius 2 is 1.65 bits per heavy atom. The predicted molar refractivity (Wildman–Crippen MR) is 114 cm³/mol. The number of carbonyl (C=O) groups excluding carboxylic acids is 2. The normalized spacial score (nSPS) is 14.5. The van der Waals surface area contributed by atoms with Crippen LogP contribution in [-0.2, 0) is 15.8 Å². The van der Waals surface area contributed by atoms with E-state index in [4.69, 9.17) is 24.0 Å². The van der Waals surface area contributed by atoms with E-state index in [1.54, 1.807) is 44.2 Å². The minimum Gasteiger partial charge on any atom is -0.493 e. The first-order chi connectivity index (χ1) is 14.5. The van der Waals surface area contributed by atoms with Gasteiger partial charge < -0.3 is 24.0 Å². The molecular formula is C22H23O8P. The molecule has 0 unspecified atom stereocenters. The largest absolute Gasteiger partial charge is 0.493 e. The second-order valence-corrected chi connectivity index (χ2v) is 8.97. The zero-order chi connectivity index (χ0) is 22.9. The molecule has 8 nitrogen and oxygen atoms in total. The first-order valence-corrected chi connectivity index (χ1v) is 11.2. The molecule has 0 radical (unpaired) electrons. The smallest absolute Gasteiger partial charge is 0.336 e. The van der Waals surface area contributed by atoms with E-state index in [1.165, 1.54) is 14.2 Å². The van der Waals surface area contributed by atoms with Gasteiger partial charge in [0.25, 0.3) is 0 Å². The van der Waals surface area contributed by atoms with E-state index in [-0.39, 0.29) is 11.5 Å². The Kier molecular flexibility index (Phi) is 6.36. The first-order valence-electron chi connectivity index (χ1n) is 9.39. The highest BCUT2D eigenvalue weighted by molar-refractivity contribution is 7.52. The Morgan fingerprint density at radius 1 is 1.06 bits per heavy atom. The van der Waals surface area contributed by atoms with E-state index in [2.05, 4.69) is 0 Å². The fourth-order valence-corrected chi connectivity index (χ4v) is 4.00. The van der Waals surface area contributed by atoms with Gasteiger partial charge in [0.05, 0.1) is 14.2 Å². The highest BCUT2D eigenvalue weighted by Crippen LogP contribution is 2.38. The van der Waals surface area contributed by atoms with Gasteiger partial charge in [-0.05, 0) is 66.4 Å². The maximum atomic E-state index is 12.9. The van der Waals surface area contributed by atoms with Crippen LogP contribution in [0.3, 0.4) is 0 Å². The second-order valence-electron chi connectivity index (χ2n) is 7.32. The molecule has 0 fully saturated rings. The number of ether oxygens (including phenoxy) is 3. The van der Waals surface area contributed by atoms with Crippen molar-refractivity contribution in [3.63, 3.8) is 0 Å². The molecule has 0 saturated carbocycles. The molecule has 1 aliphatic rings. The van der Waals surface area contributed by atoms with Crippen LogP contribution in [0.25, 0.3) is 6.08 Å². The summed E-state index contributed by atoms with van der Waals surface area (Å²) in [6.45, 7) is 3.44. The van der Waals surface area contributed by atoms with Crippen molar-refractivity contribution in [1.29, 1.82) is 0 Å². The van der Waals surface area contributed by atoms with Gasteiger partial charge in [0.2, 0.25) is 0 Å². The zero-order valence-corrected chi connectivity index (χ0v) is 18.5. The van der Waals surface area contributed by atoms with E-state index in [9.17, 15) is 14.2 Å². The number of fused-ring (bicyclic) bond motifs is 1. The third-order valence-electron chi connectivity index (χ3n) is 4.90. The summed E-state index contributed by atoms with van der Waals surface area (Å²) >= 11 is 0. The molecule has 9 heteroatoms. The van der Waals surface area contributed by atoms with Gasteiger partial charge in [-0.2, -0.15) is 0 Å². The third kappa shape index (κ3) is 5.05. The summed E-state index contributed by atoms with van der Waals surface area (Å²) < 4.78 is 26.7. The average Bonchev–Trinajstić information content (AvgIpc) is 2.97. The fraction of sp³-hybridized carbons (Fsp3) is 0.273. The molecule has 2 N–H and O–H groups in total. The number of carbonyl (C=O) groups is 2. The van der Waals surface area contributed by atoms with Crippen LogP contribution in [-0.4, -0.2) is 41.9 Å². The number of hydrogen-bond acceptors (Lipinski definition) is 6. The Balaban J connectivity index is 1.88. The van der Waals surface area contributed by atoms with Gasteiger partial charge in [-0.15, -0.1) is 0 Å². The van der Waals surface area contributed by atoms with Gasteiger partial charge in [-0.1, -0.05) is 0 Å². The maximum Gasteiger partial charge on any atom is 0.336 e. The molecular weight excluding hydrogens is 423 g/mol. The van der Waals surface area contributed by atoms with Gasteiger partial charge in [-0.25, -0.2) is 0 Å². The van der Waals surface area contributed by atoms with Crippen LogP contribution in [0.4, 0.5) is 0 Å². The summed E-state index contributed by atoms with van der Waals surface area (Å²) in [7, 11) is -1.45. The van der Waals surface area contributed by atoms with Gasteiger partial charge in [0.1, 0.15) is 11.9 Å². The quantitative estimate of drug-likeness (QED) is 0.300. The molecule has 0 atom stereocenters. The molecule has 0 saturated heterocycles. The zero-order valence-electron chi connectivity index (χ0n) is 17.6. The van der Waals surface area contributed by atoms with Crippen LogP contribution in [0.2, 0.25) is 0 Å². The van der Waals surface area contributed by atoms with Crippen LogP contribution in [0.1, 0.15) is 32.6 Å². The molecule has 0 bridgehead atoms. The van der Waals surface area contributed by atoms with Crippen LogP contribution in [0.5, 0.6) is 17.2 Å². The molecule has 31 heavy (non-hydrogen) atoms. The SMILES string of the molecule is COc1cc2c(cc1OC)C(=O)C(=Cc1cc(C)c(OC(=O)CP(=O)(O)O)c(C)c1)C2. The van der Waals surface area contributed by atoms with Gasteiger partial charge in [0.15, 0.2) is 17.3 Å². The lowest BCUT2D eigenvalue weighted by molar-refractivity contribution is -0.131. The molecule has 0 spiro atoms. The topological polar surface area (TPSA) is 119 Å². The monoisotopic (exact) mass is 446 g/mol. The highest BCUT2D eigenvalue weighted by atomic mass is 31.2. The van der Waals surface area contributed by atoms with E-state index in [0.717, 1.165) is 11.1 Å². The number of rotatable bonds is 6. The van der Waals surface area contributed by atoms with Crippen molar-refractivity contribution >= 4 is 25.4 Å². The number of aryl methyl sites for hydroxylation is 2. The summed E-state index contributed by atoms with van der Waals surface area (Å²) in [6.07, 6.45) is 1.24. The van der Waals surface area contributed by atoms with Crippen molar-refractivity contribution < 1.29 is 38.2 Å². The van der Waals surface area contributed by atoms with Crippen molar-refractivity contribution in [2.45, 2.75) is 20.3 Å². The molecule has 1 aliphatic carbocycles. The van der Waals surface area contributed by atoms with Gasteiger partial charge >= 0.3 is 13.6 Å². The summed E-state index contributed by atoms with van der Waals surface area (Å²) in [4.78, 5) is 42.5. The molecule has 0 aliphatic heterocycles. The van der Waals surface area contributed by atoms with Gasteiger partial charge in [0, 0.05) is 17.6 Å². The van der Waals surface area contributed by atoms with Crippen molar-refractivity contribution in [2.75, 3.05) is 20.4 Å². The van der Waals surface area contributed by atoms with Crippen LogP contribution >= 0.6 is 7.60 Å². The number of ketones is 1. The molecule has 0 heterocycles. The van der Waals surface area contributed by atoms with E-state index in [1.807, 2.05) is 0 Å². The molecule has 164 valence electrons. The minimum atomic E-state index is -4.51. The van der Waals surface area contributed by atoms with Crippen molar-refractivity contribution in [2.24, 2.45) is 0 Å². The van der Waals surface area contributed by atoms with E-state index < -0.39 is 19.7 Å². The fourth-order valence-electron chi connectivity index (χ4n) is 3.60. The van der Waals surface area contributed by atoms with E-state index >= 15 is 0 Å². The number of esters is 1. The lowest BCUT2D eigenvalue weighted by atomic mass is 10.0. The lowest BCUT2D eigenvalue weighted by Gasteiger charge is -2.12. The number of methoxy groups -OCH3 is 2.